The van der Waals surface area contributed by atoms with Crippen molar-refractivity contribution in [3.05, 3.63) is 36.5 Å². The van der Waals surface area contributed by atoms with E-state index in [2.05, 4.69) is 36.6 Å². The Morgan fingerprint density at radius 1 is 1.24 bits per heavy atom. The molecule has 0 amide bonds. The van der Waals surface area contributed by atoms with Crippen LogP contribution < -0.4 is 9.46 Å². The number of thiophene rings is 1. The fraction of sp³-hybridized carbons (Fsp3) is 0.0909. The van der Waals surface area contributed by atoms with Crippen molar-refractivity contribution in [1.29, 1.82) is 0 Å². The summed E-state index contributed by atoms with van der Waals surface area (Å²) in [5, 5.41) is 0.699. The van der Waals surface area contributed by atoms with E-state index in [1.54, 1.807) is 6.07 Å². The predicted octanol–water partition coefficient (Wildman–Crippen LogP) is 5.39. The Morgan fingerprint density at radius 2 is 1.90 bits per heavy atom. The van der Waals surface area contributed by atoms with E-state index < -0.39 is 10.0 Å². The standard InChI is InChI=1S/C11H7Br2Cl2NO3S2/c1-19-10-6(12)2-5(14)3-8(10)16-21(17,18)9-4-7(15)11(13)20-9/h2-4,16H,1H3. The van der Waals surface area contributed by atoms with E-state index >= 15 is 0 Å². The van der Waals surface area contributed by atoms with Crippen LogP contribution in [0.1, 0.15) is 0 Å². The minimum absolute atomic E-state index is 0.0810. The quantitative estimate of drug-likeness (QED) is 0.618. The fourth-order valence-electron chi connectivity index (χ4n) is 1.50. The molecular weight excluding hydrogens is 489 g/mol. The zero-order valence-corrected chi connectivity index (χ0v) is 16.6. The van der Waals surface area contributed by atoms with Crippen LogP contribution in [0.25, 0.3) is 0 Å². The van der Waals surface area contributed by atoms with Crippen LogP contribution in [0.2, 0.25) is 10.0 Å². The lowest BCUT2D eigenvalue weighted by atomic mass is 10.3. The van der Waals surface area contributed by atoms with Crippen molar-refractivity contribution in [1.82, 2.24) is 0 Å². The molecule has 0 aliphatic heterocycles. The predicted molar refractivity (Wildman–Crippen MR) is 93.5 cm³/mol. The van der Waals surface area contributed by atoms with Crippen LogP contribution in [-0.4, -0.2) is 15.5 Å². The Labute approximate surface area is 152 Å². The van der Waals surface area contributed by atoms with Crippen molar-refractivity contribution in [2.24, 2.45) is 0 Å². The SMILES string of the molecule is COc1c(Br)cc(Cl)cc1NS(=O)(=O)c1cc(Cl)c(Br)s1. The van der Waals surface area contributed by atoms with Gasteiger partial charge in [-0.2, -0.15) is 0 Å². The number of hydrogen-bond acceptors (Lipinski definition) is 4. The Hall–Kier alpha value is 0.01000. The lowest BCUT2D eigenvalue weighted by molar-refractivity contribution is 0.414. The van der Waals surface area contributed by atoms with Crippen molar-refractivity contribution < 1.29 is 13.2 Å². The first-order valence-electron chi connectivity index (χ1n) is 5.25. The van der Waals surface area contributed by atoms with Gasteiger partial charge in [0.2, 0.25) is 0 Å². The molecule has 0 unspecified atom stereocenters. The van der Waals surface area contributed by atoms with Crippen LogP contribution in [0.15, 0.2) is 30.7 Å². The fourth-order valence-corrected chi connectivity index (χ4v) is 5.92. The van der Waals surface area contributed by atoms with E-state index in [9.17, 15) is 8.42 Å². The molecule has 114 valence electrons. The van der Waals surface area contributed by atoms with Gasteiger partial charge < -0.3 is 4.74 Å². The first-order valence-corrected chi connectivity index (χ1v) is 9.89. The molecular formula is C11H7Br2Cl2NO3S2. The maximum absolute atomic E-state index is 12.4. The van der Waals surface area contributed by atoms with Gasteiger partial charge in [-0.1, -0.05) is 23.2 Å². The number of benzene rings is 1. The zero-order valence-electron chi connectivity index (χ0n) is 10.3. The first kappa shape index (κ1) is 17.4. The molecule has 0 spiro atoms. The molecule has 0 bridgehead atoms. The highest BCUT2D eigenvalue weighted by atomic mass is 79.9. The molecule has 1 N–H and O–H groups in total. The molecule has 4 nitrogen and oxygen atoms in total. The molecule has 2 aromatic rings. The van der Waals surface area contributed by atoms with Crippen LogP contribution in [0.3, 0.4) is 0 Å². The summed E-state index contributed by atoms with van der Waals surface area (Å²) in [5.41, 5.74) is 0.234. The Balaban J connectivity index is 2.46. The molecule has 0 aliphatic carbocycles. The van der Waals surface area contributed by atoms with Crippen LogP contribution >= 0.6 is 66.4 Å². The molecule has 0 aliphatic rings. The van der Waals surface area contributed by atoms with Gasteiger partial charge in [-0.15, -0.1) is 11.3 Å². The van der Waals surface area contributed by atoms with Gasteiger partial charge in [0.05, 0.1) is 26.1 Å². The van der Waals surface area contributed by atoms with Crippen molar-refractivity contribution in [3.63, 3.8) is 0 Å². The lowest BCUT2D eigenvalue weighted by Gasteiger charge is -2.12. The van der Waals surface area contributed by atoms with Gasteiger partial charge in [-0.3, -0.25) is 4.72 Å². The van der Waals surface area contributed by atoms with Gasteiger partial charge in [-0.05, 0) is 50.1 Å². The van der Waals surface area contributed by atoms with Crippen molar-refractivity contribution in [2.45, 2.75) is 4.21 Å². The van der Waals surface area contributed by atoms with E-state index in [4.69, 9.17) is 27.9 Å². The highest BCUT2D eigenvalue weighted by Crippen LogP contribution is 2.39. The van der Waals surface area contributed by atoms with Crippen molar-refractivity contribution in [2.75, 3.05) is 11.8 Å². The molecule has 0 saturated heterocycles. The van der Waals surface area contributed by atoms with Crippen LogP contribution in [0.5, 0.6) is 5.75 Å². The third-order valence-corrected chi connectivity index (χ3v) is 7.47. The van der Waals surface area contributed by atoms with Gasteiger partial charge in [0.15, 0.2) is 5.75 Å². The molecule has 2 rings (SSSR count). The summed E-state index contributed by atoms with van der Waals surface area (Å²) < 4.78 is 33.5. The molecule has 0 saturated carbocycles. The second kappa shape index (κ2) is 6.64. The molecule has 1 aromatic carbocycles. The summed E-state index contributed by atoms with van der Waals surface area (Å²) in [4.78, 5) is 0. The van der Waals surface area contributed by atoms with Crippen LogP contribution in [0, 0.1) is 0 Å². The molecule has 1 heterocycles. The van der Waals surface area contributed by atoms with Crippen molar-refractivity contribution >= 4 is 82.1 Å². The highest BCUT2D eigenvalue weighted by Gasteiger charge is 2.22. The summed E-state index contributed by atoms with van der Waals surface area (Å²) in [6.07, 6.45) is 0. The summed E-state index contributed by atoms with van der Waals surface area (Å²) in [6.45, 7) is 0. The number of rotatable bonds is 4. The first-order chi connectivity index (χ1) is 9.74. The normalized spacial score (nSPS) is 11.5. The Bertz CT molecular complexity index is 774. The summed E-state index contributed by atoms with van der Waals surface area (Å²) in [7, 11) is -2.35. The summed E-state index contributed by atoms with van der Waals surface area (Å²) >= 11 is 19.3. The van der Waals surface area contributed by atoms with Gasteiger partial charge in [0.1, 0.15) is 4.21 Å². The van der Waals surface area contributed by atoms with E-state index in [1.807, 2.05) is 0 Å². The smallest absolute Gasteiger partial charge is 0.271 e. The topological polar surface area (TPSA) is 55.4 Å². The third kappa shape index (κ3) is 3.86. The van der Waals surface area contributed by atoms with E-state index in [0.717, 1.165) is 11.3 Å². The number of anilines is 1. The molecule has 1 aromatic heterocycles. The maximum atomic E-state index is 12.4. The summed E-state index contributed by atoms with van der Waals surface area (Å²) in [5.74, 6) is 0.338. The average Bonchev–Trinajstić information content (AvgIpc) is 2.69. The molecule has 0 atom stereocenters. The van der Waals surface area contributed by atoms with Gasteiger partial charge in [-0.25, -0.2) is 8.42 Å². The van der Waals surface area contributed by atoms with Crippen LogP contribution in [-0.2, 0) is 10.0 Å². The van der Waals surface area contributed by atoms with Gasteiger partial charge in [0.25, 0.3) is 10.0 Å². The third-order valence-electron chi connectivity index (χ3n) is 2.34. The Morgan fingerprint density at radius 3 is 2.43 bits per heavy atom. The maximum Gasteiger partial charge on any atom is 0.271 e. The number of ether oxygens (including phenoxy) is 1. The molecule has 21 heavy (non-hydrogen) atoms. The Kier molecular flexibility index (Phi) is 5.49. The number of sulfonamides is 1. The summed E-state index contributed by atoms with van der Waals surface area (Å²) in [6, 6.07) is 4.44. The molecule has 0 fully saturated rings. The molecule has 10 heteroatoms. The second-order valence-electron chi connectivity index (χ2n) is 3.76. The zero-order chi connectivity index (χ0) is 15.8. The largest absolute Gasteiger partial charge is 0.493 e. The average molecular weight is 496 g/mol. The van der Waals surface area contributed by atoms with Gasteiger partial charge >= 0.3 is 0 Å². The minimum Gasteiger partial charge on any atom is -0.493 e. The van der Waals surface area contributed by atoms with E-state index in [-0.39, 0.29) is 9.90 Å². The second-order valence-corrected chi connectivity index (χ2v) is 9.74. The monoisotopic (exact) mass is 493 g/mol. The highest BCUT2D eigenvalue weighted by molar-refractivity contribution is 9.11. The number of halogens is 4. The van der Waals surface area contributed by atoms with Gasteiger partial charge in [0, 0.05) is 5.02 Å². The van der Waals surface area contributed by atoms with E-state index in [1.165, 1.54) is 19.2 Å². The number of methoxy groups -OCH3 is 1. The van der Waals surface area contributed by atoms with Crippen LogP contribution in [0.4, 0.5) is 5.69 Å². The number of hydrogen-bond donors (Lipinski definition) is 1. The minimum atomic E-state index is -3.79. The van der Waals surface area contributed by atoms with E-state index in [0.29, 0.717) is 24.1 Å². The lowest BCUT2D eigenvalue weighted by Crippen LogP contribution is -2.12. The number of nitrogens with one attached hydrogen (secondary N) is 1. The molecule has 0 radical (unpaired) electrons. The van der Waals surface area contributed by atoms with Crippen molar-refractivity contribution in [3.8, 4) is 5.75 Å².